The van der Waals surface area contributed by atoms with Gasteiger partial charge in [-0.25, -0.2) is 0 Å². The van der Waals surface area contributed by atoms with E-state index in [2.05, 4.69) is 230 Å². The van der Waals surface area contributed by atoms with Gasteiger partial charge in [0.2, 0.25) is 0 Å². The van der Waals surface area contributed by atoms with E-state index in [4.69, 9.17) is 0 Å². The van der Waals surface area contributed by atoms with Crippen molar-refractivity contribution >= 4 is 34.4 Å². The third kappa shape index (κ3) is 8.16. The summed E-state index contributed by atoms with van der Waals surface area (Å²) in [6.07, 6.45) is 12.7. The zero-order chi connectivity index (χ0) is 38.2. The molecule has 0 N–H and O–H groups in total. The van der Waals surface area contributed by atoms with Crippen LogP contribution in [0.3, 0.4) is 0 Å². The molecular formula is C54H50N2. The van der Waals surface area contributed by atoms with E-state index < -0.39 is 0 Å². The summed E-state index contributed by atoms with van der Waals surface area (Å²) >= 11 is 0. The van der Waals surface area contributed by atoms with Crippen LogP contribution in [-0.4, -0.2) is 0 Å². The fourth-order valence-corrected chi connectivity index (χ4v) is 8.22. The Morgan fingerprint density at radius 1 is 0.429 bits per heavy atom. The lowest BCUT2D eigenvalue weighted by Crippen LogP contribution is -2.30. The summed E-state index contributed by atoms with van der Waals surface area (Å²) in [5, 5.41) is 0. The molecule has 0 aromatic heterocycles. The van der Waals surface area contributed by atoms with E-state index in [0.29, 0.717) is 0 Å². The molecule has 0 amide bonds. The van der Waals surface area contributed by atoms with Crippen LogP contribution in [0, 0.1) is 13.8 Å². The predicted octanol–water partition coefficient (Wildman–Crippen LogP) is 14.6. The van der Waals surface area contributed by atoms with Crippen LogP contribution in [0.5, 0.6) is 0 Å². The average molecular weight is 727 g/mol. The Labute approximate surface area is 333 Å². The van der Waals surface area contributed by atoms with Gasteiger partial charge in [-0.2, -0.15) is 0 Å². The van der Waals surface area contributed by atoms with Gasteiger partial charge in [0.25, 0.3) is 0 Å². The van der Waals surface area contributed by atoms with Crippen molar-refractivity contribution in [2.24, 2.45) is 0 Å². The average Bonchev–Trinajstić information content (AvgIpc) is 3.27. The molecule has 56 heavy (non-hydrogen) atoms. The van der Waals surface area contributed by atoms with E-state index in [9.17, 15) is 0 Å². The van der Waals surface area contributed by atoms with Gasteiger partial charge in [-0.05, 0) is 109 Å². The Hall–Kier alpha value is -6.38. The number of aryl methyl sites for hydroxylation is 2. The molecule has 0 atom stereocenters. The number of hydrogen-bond acceptors (Lipinski definition) is 2. The molecule has 276 valence electrons. The number of rotatable bonds is 11. The molecule has 0 heterocycles. The highest BCUT2D eigenvalue weighted by Crippen LogP contribution is 2.46. The molecular weight excluding hydrogens is 677 g/mol. The van der Waals surface area contributed by atoms with E-state index in [1.165, 1.54) is 63.8 Å². The minimum absolute atomic E-state index is 0.0341. The first-order valence-corrected chi connectivity index (χ1v) is 20.0. The Kier molecular flexibility index (Phi) is 11.1. The van der Waals surface area contributed by atoms with Crippen molar-refractivity contribution in [3.63, 3.8) is 0 Å². The minimum atomic E-state index is -0.0341. The highest BCUT2D eigenvalue weighted by Gasteiger charge is 2.36. The van der Waals surface area contributed by atoms with Gasteiger partial charge in [0.1, 0.15) is 0 Å². The maximum atomic E-state index is 2.40. The maximum Gasteiger partial charge on any atom is 0.0455 e. The summed E-state index contributed by atoms with van der Waals surface area (Å²) in [5.41, 5.74) is 14.6. The summed E-state index contributed by atoms with van der Waals surface area (Å²) in [4.78, 5) is 4.65. The molecule has 0 radical (unpaired) electrons. The SMILES string of the molecule is Cc1ccc(N(C=C(c2ccccc2)c2ccccc2)c2ccc(C3(c4ccc(N(/C=C/c5ccccc5)c5ccc(C)cc5)cc4)CCCCC3)cc2)cc1. The van der Waals surface area contributed by atoms with Crippen molar-refractivity contribution in [2.45, 2.75) is 51.4 Å². The van der Waals surface area contributed by atoms with E-state index in [-0.39, 0.29) is 5.41 Å². The molecule has 0 bridgehead atoms. The van der Waals surface area contributed by atoms with Crippen LogP contribution >= 0.6 is 0 Å². The molecule has 0 unspecified atom stereocenters. The predicted molar refractivity (Wildman–Crippen MR) is 239 cm³/mol. The maximum absolute atomic E-state index is 2.40. The van der Waals surface area contributed by atoms with Crippen molar-refractivity contribution in [1.82, 2.24) is 0 Å². The molecule has 2 heteroatoms. The molecule has 1 saturated carbocycles. The first kappa shape index (κ1) is 36.6. The van der Waals surface area contributed by atoms with Crippen LogP contribution in [0.2, 0.25) is 0 Å². The zero-order valence-corrected chi connectivity index (χ0v) is 32.6. The third-order valence-electron chi connectivity index (χ3n) is 11.4. The molecule has 0 aliphatic heterocycles. The summed E-state index contributed by atoms with van der Waals surface area (Å²) in [6, 6.07) is 68.5. The molecule has 7 aromatic rings. The Morgan fingerprint density at radius 3 is 1.27 bits per heavy atom. The normalized spacial score (nSPS) is 13.6. The standard InChI is InChI=1S/C54H50N2/c1-42-21-29-49(30-22-42)55(40-37-44-15-7-3-8-16-44)50-33-25-47(26-34-50)54(38-13-6-14-39-54)48-27-35-52(36-28-48)56(51-31-23-43(2)24-32-51)41-53(45-17-9-4-10-18-45)46-19-11-5-12-20-46/h3-5,7-12,15-37,40-41H,6,13-14,38-39H2,1-2H3/b40-37+. The van der Waals surface area contributed by atoms with Crippen LogP contribution < -0.4 is 9.80 Å². The molecule has 8 rings (SSSR count). The highest BCUT2D eigenvalue weighted by molar-refractivity contribution is 5.84. The summed E-state index contributed by atoms with van der Waals surface area (Å²) in [5.74, 6) is 0. The summed E-state index contributed by atoms with van der Waals surface area (Å²) in [7, 11) is 0. The Morgan fingerprint density at radius 2 is 0.821 bits per heavy atom. The smallest absolute Gasteiger partial charge is 0.0455 e. The highest BCUT2D eigenvalue weighted by atomic mass is 15.1. The van der Waals surface area contributed by atoms with Crippen LogP contribution in [0.15, 0.2) is 200 Å². The molecule has 1 fully saturated rings. The minimum Gasteiger partial charge on any atom is -0.317 e. The van der Waals surface area contributed by atoms with Crippen molar-refractivity contribution in [3.8, 4) is 0 Å². The molecule has 0 saturated heterocycles. The van der Waals surface area contributed by atoms with Crippen LogP contribution in [-0.2, 0) is 5.41 Å². The van der Waals surface area contributed by atoms with Crippen molar-refractivity contribution in [1.29, 1.82) is 0 Å². The lowest BCUT2D eigenvalue weighted by molar-refractivity contribution is 0.346. The van der Waals surface area contributed by atoms with E-state index >= 15 is 0 Å². The summed E-state index contributed by atoms with van der Waals surface area (Å²) in [6.45, 7) is 4.29. The quantitative estimate of drug-likeness (QED) is 0.131. The third-order valence-corrected chi connectivity index (χ3v) is 11.4. The second-order valence-corrected chi connectivity index (χ2v) is 15.1. The largest absolute Gasteiger partial charge is 0.317 e. The monoisotopic (exact) mass is 726 g/mol. The molecule has 1 aliphatic rings. The van der Waals surface area contributed by atoms with Gasteiger partial charge in [0, 0.05) is 46.1 Å². The van der Waals surface area contributed by atoms with Crippen molar-refractivity contribution in [3.05, 3.63) is 239 Å². The van der Waals surface area contributed by atoms with Crippen LogP contribution in [0.25, 0.3) is 11.6 Å². The van der Waals surface area contributed by atoms with E-state index in [1.807, 2.05) is 0 Å². The molecule has 2 nitrogen and oxygen atoms in total. The van der Waals surface area contributed by atoms with Crippen molar-refractivity contribution in [2.75, 3.05) is 9.80 Å². The van der Waals surface area contributed by atoms with Gasteiger partial charge in [-0.15, -0.1) is 0 Å². The molecule has 7 aromatic carbocycles. The first-order valence-electron chi connectivity index (χ1n) is 20.0. The topological polar surface area (TPSA) is 6.48 Å². The van der Waals surface area contributed by atoms with Gasteiger partial charge in [-0.3, -0.25) is 0 Å². The number of hydrogen-bond donors (Lipinski definition) is 0. The lowest BCUT2D eigenvalue weighted by Gasteiger charge is -2.39. The second kappa shape index (κ2) is 17.0. The fraction of sp³-hybridized carbons (Fsp3) is 0.148. The van der Waals surface area contributed by atoms with E-state index in [0.717, 1.165) is 35.6 Å². The first-order chi connectivity index (χ1) is 27.6. The van der Waals surface area contributed by atoms with Gasteiger partial charge in [-0.1, -0.05) is 170 Å². The van der Waals surface area contributed by atoms with Crippen LogP contribution in [0.4, 0.5) is 22.7 Å². The lowest BCUT2D eigenvalue weighted by atomic mass is 9.65. The number of benzene rings is 7. The van der Waals surface area contributed by atoms with Gasteiger partial charge < -0.3 is 9.80 Å². The second-order valence-electron chi connectivity index (χ2n) is 15.1. The Bertz CT molecular complexity index is 2310. The molecule has 0 spiro atoms. The van der Waals surface area contributed by atoms with Gasteiger partial charge in [0.05, 0.1) is 0 Å². The van der Waals surface area contributed by atoms with Crippen LogP contribution in [0.1, 0.15) is 71.0 Å². The van der Waals surface area contributed by atoms with Gasteiger partial charge >= 0.3 is 0 Å². The number of nitrogens with zero attached hydrogens (tertiary/aromatic N) is 2. The molecule has 1 aliphatic carbocycles. The summed E-state index contributed by atoms with van der Waals surface area (Å²) < 4.78 is 0. The number of anilines is 4. The zero-order valence-electron chi connectivity index (χ0n) is 32.6. The van der Waals surface area contributed by atoms with Crippen molar-refractivity contribution < 1.29 is 0 Å². The van der Waals surface area contributed by atoms with Gasteiger partial charge in [0.15, 0.2) is 0 Å². The van der Waals surface area contributed by atoms with E-state index in [1.54, 1.807) is 0 Å². The fourth-order valence-electron chi connectivity index (χ4n) is 8.22. The Balaban J connectivity index is 1.16.